The molecule has 5 rings (SSSR count). The van der Waals surface area contributed by atoms with Crippen LogP contribution in [0.5, 0.6) is 11.5 Å². The van der Waals surface area contributed by atoms with Gasteiger partial charge in [-0.1, -0.05) is 54.1 Å². The molecule has 1 heterocycles. The topological polar surface area (TPSA) is 117 Å². The Bertz CT molecular complexity index is 1630. The number of hydrogen-bond acceptors (Lipinski definition) is 8. The number of ketones is 1. The fourth-order valence-electron chi connectivity index (χ4n) is 5.64. The van der Waals surface area contributed by atoms with Gasteiger partial charge in [0.15, 0.2) is 17.3 Å². The molecule has 0 aromatic heterocycles. The number of ether oxygens (including phenoxy) is 3. The Morgan fingerprint density at radius 2 is 1.71 bits per heavy atom. The Kier molecular flexibility index (Phi) is 8.31. The second kappa shape index (κ2) is 12.1. The smallest absolute Gasteiger partial charge is 0.337 e. The minimum Gasteiger partial charge on any atom is -0.493 e. The van der Waals surface area contributed by atoms with Crippen LogP contribution in [0.1, 0.15) is 48.3 Å². The number of hydrogen-bond donors (Lipinski definition) is 1. The van der Waals surface area contributed by atoms with Crippen molar-refractivity contribution in [3.63, 3.8) is 0 Å². The van der Waals surface area contributed by atoms with Crippen molar-refractivity contribution >= 4 is 29.0 Å². The van der Waals surface area contributed by atoms with Crippen molar-refractivity contribution in [1.29, 1.82) is 0 Å². The maximum Gasteiger partial charge on any atom is 0.337 e. The van der Waals surface area contributed by atoms with Crippen molar-refractivity contribution in [3.8, 4) is 11.5 Å². The molecule has 0 bridgehead atoms. The van der Waals surface area contributed by atoms with Crippen molar-refractivity contribution in [2.75, 3.05) is 14.2 Å². The van der Waals surface area contributed by atoms with Crippen molar-refractivity contribution < 1.29 is 28.7 Å². The highest BCUT2D eigenvalue weighted by Gasteiger charge is 2.42. The van der Waals surface area contributed by atoms with Gasteiger partial charge in [-0.25, -0.2) is 4.79 Å². The molecular weight excluding hydrogens is 560 g/mol. The lowest BCUT2D eigenvalue weighted by Gasteiger charge is -2.36. The molecule has 1 N–H and O–H groups in total. The number of halogens is 1. The molecule has 216 valence electrons. The predicted octanol–water partition coefficient (Wildman–Crippen LogP) is 6.37. The van der Waals surface area contributed by atoms with E-state index in [1.54, 1.807) is 33.3 Å². The van der Waals surface area contributed by atoms with Crippen LogP contribution in [0.4, 0.5) is 5.69 Å². The number of allylic oxidation sites excluding steroid dienone is 3. The van der Waals surface area contributed by atoms with Crippen LogP contribution in [0.25, 0.3) is 0 Å². The van der Waals surface area contributed by atoms with Gasteiger partial charge >= 0.3 is 5.97 Å². The largest absolute Gasteiger partial charge is 0.493 e. The molecule has 9 nitrogen and oxygen atoms in total. The third-order valence-corrected chi connectivity index (χ3v) is 7.96. The molecule has 0 amide bonds. The number of rotatable bonds is 8. The van der Waals surface area contributed by atoms with Crippen LogP contribution >= 0.6 is 11.6 Å². The van der Waals surface area contributed by atoms with Crippen LogP contribution in [0, 0.1) is 10.1 Å². The molecule has 0 saturated carbocycles. The number of Topliss-reactive ketones (excluding diaryl/α,β-unsaturated/α-hetero) is 1. The Labute approximate surface area is 247 Å². The predicted molar refractivity (Wildman–Crippen MR) is 156 cm³/mol. The van der Waals surface area contributed by atoms with E-state index in [2.05, 4.69) is 5.32 Å². The number of dihydropyridines is 1. The Hall–Kier alpha value is -4.63. The van der Waals surface area contributed by atoms with Gasteiger partial charge in [-0.3, -0.25) is 14.9 Å². The van der Waals surface area contributed by atoms with Gasteiger partial charge in [0.25, 0.3) is 5.69 Å². The van der Waals surface area contributed by atoms with E-state index in [-0.39, 0.29) is 41.0 Å². The average molecular weight is 589 g/mol. The third-order valence-electron chi connectivity index (χ3n) is 7.64. The normalized spacial score (nSPS) is 18.2. The fourth-order valence-corrected chi connectivity index (χ4v) is 5.82. The number of benzene rings is 3. The molecular formula is C32H29ClN2O7. The molecule has 1 aliphatic carbocycles. The summed E-state index contributed by atoms with van der Waals surface area (Å²) >= 11 is 6.12. The van der Waals surface area contributed by atoms with Crippen LogP contribution in [0.2, 0.25) is 5.02 Å². The van der Waals surface area contributed by atoms with E-state index in [9.17, 15) is 19.7 Å². The standard InChI is InChI=1S/C32H29ClN2O7/c1-18-29(32(37)42-17-19-7-5-4-6-8-19)30(21-9-11-23(33)25(14-21)35(38)39)31-24(34-18)13-22(15-26(31)36)20-10-12-27(40-2)28(16-20)41-3/h4-12,14,16,22,30,34H,13,15,17H2,1-3H3. The van der Waals surface area contributed by atoms with Crippen LogP contribution in [-0.2, 0) is 20.9 Å². The molecule has 2 atom stereocenters. The van der Waals surface area contributed by atoms with E-state index < -0.39 is 16.8 Å². The number of nitro benzene ring substituents is 1. The summed E-state index contributed by atoms with van der Waals surface area (Å²) in [5.41, 5.74) is 3.58. The molecule has 2 aliphatic rings. The van der Waals surface area contributed by atoms with Crippen molar-refractivity contribution in [2.45, 2.75) is 38.2 Å². The van der Waals surface area contributed by atoms with E-state index in [4.69, 9.17) is 25.8 Å². The Balaban J connectivity index is 1.56. The first kappa shape index (κ1) is 28.9. The molecule has 0 spiro atoms. The van der Waals surface area contributed by atoms with Crippen LogP contribution < -0.4 is 14.8 Å². The quantitative estimate of drug-likeness (QED) is 0.183. The van der Waals surface area contributed by atoms with Gasteiger partial charge in [-0.15, -0.1) is 0 Å². The van der Waals surface area contributed by atoms with Gasteiger partial charge < -0.3 is 19.5 Å². The SMILES string of the molecule is COc1ccc(C2CC(=O)C3=C(C2)NC(C)=C(C(=O)OCc2ccccc2)C3c2ccc(Cl)c([N+](=O)[O-])c2)cc1OC. The molecule has 42 heavy (non-hydrogen) atoms. The Morgan fingerprint density at radius 1 is 1.00 bits per heavy atom. The van der Waals surface area contributed by atoms with E-state index >= 15 is 0 Å². The van der Waals surface area contributed by atoms with Crippen molar-refractivity contribution in [3.05, 3.63) is 121 Å². The highest BCUT2D eigenvalue weighted by molar-refractivity contribution is 6.32. The maximum atomic E-state index is 13.9. The molecule has 0 fully saturated rings. The molecule has 0 radical (unpaired) electrons. The zero-order valence-corrected chi connectivity index (χ0v) is 24.1. The number of nitro groups is 1. The van der Waals surface area contributed by atoms with Crippen LogP contribution in [0.15, 0.2) is 89.3 Å². The lowest BCUT2D eigenvalue weighted by Crippen LogP contribution is -2.36. The number of esters is 1. The minimum atomic E-state index is -0.876. The van der Waals surface area contributed by atoms with Crippen LogP contribution in [-0.4, -0.2) is 30.9 Å². The summed E-state index contributed by atoms with van der Waals surface area (Å²) in [6, 6.07) is 19.2. The van der Waals surface area contributed by atoms with Gasteiger partial charge in [0.05, 0.1) is 24.7 Å². The number of nitrogens with zero attached hydrogens (tertiary/aromatic N) is 1. The molecule has 0 saturated heterocycles. The molecule has 3 aromatic rings. The number of carbonyl (C=O) groups excluding carboxylic acids is 2. The summed E-state index contributed by atoms with van der Waals surface area (Å²) in [7, 11) is 3.11. The van der Waals surface area contributed by atoms with Gasteiger partial charge in [-0.05, 0) is 54.2 Å². The third kappa shape index (κ3) is 5.60. The van der Waals surface area contributed by atoms with E-state index in [1.165, 1.54) is 12.1 Å². The summed E-state index contributed by atoms with van der Waals surface area (Å²) in [6.07, 6.45) is 0.653. The van der Waals surface area contributed by atoms with Gasteiger partial charge in [-0.2, -0.15) is 0 Å². The monoisotopic (exact) mass is 588 g/mol. The average Bonchev–Trinajstić information content (AvgIpc) is 2.99. The highest BCUT2D eigenvalue weighted by atomic mass is 35.5. The Morgan fingerprint density at radius 3 is 2.40 bits per heavy atom. The van der Waals surface area contributed by atoms with E-state index in [0.717, 1.165) is 11.1 Å². The van der Waals surface area contributed by atoms with E-state index in [1.807, 2.05) is 42.5 Å². The minimum absolute atomic E-state index is 0.0329. The molecule has 10 heteroatoms. The van der Waals surface area contributed by atoms with E-state index in [0.29, 0.717) is 40.5 Å². The second-order valence-electron chi connectivity index (χ2n) is 10.2. The van der Waals surface area contributed by atoms with Crippen molar-refractivity contribution in [2.24, 2.45) is 0 Å². The van der Waals surface area contributed by atoms with Crippen LogP contribution in [0.3, 0.4) is 0 Å². The summed E-state index contributed by atoms with van der Waals surface area (Å²) in [4.78, 5) is 38.7. The number of carbonyl (C=O) groups is 2. The summed E-state index contributed by atoms with van der Waals surface area (Å²) < 4.78 is 16.5. The van der Waals surface area contributed by atoms with Crippen molar-refractivity contribution in [1.82, 2.24) is 5.32 Å². The summed E-state index contributed by atoms with van der Waals surface area (Å²) in [5, 5.41) is 15.0. The fraction of sp³-hybridized carbons (Fsp3) is 0.250. The molecule has 3 aromatic carbocycles. The molecule has 1 aliphatic heterocycles. The lowest BCUT2D eigenvalue weighted by atomic mass is 9.71. The zero-order chi connectivity index (χ0) is 30.0. The lowest BCUT2D eigenvalue weighted by molar-refractivity contribution is -0.384. The van der Waals surface area contributed by atoms with Gasteiger partial charge in [0.1, 0.15) is 11.6 Å². The first-order chi connectivity index (χ1) is 20.2. The maximum absolute atomic E-state index is 13.9. The second-order valence-corrected chi connectivity index (χ2v) is 10.6. The first-order valence-electron chi connectivity index (χ1n) is 13.3. The summed E-state index contributed by atoms with van der Waals surface area (Å²) in [5.74, 6) is -0.687. The number of methoxy groups -OCH3 is 2. The molecule has 2 unspecified atom stereocenters. The first-order valence-corrected chi connectivity index (χ1v) is 13.7. The van der Waals surface area contributed by atoms with Gasteiger partial charge in [0, 0.05) is 35.4 Å². The van der Waals surface area contributed by atoms with Gasteiger partial charge in [0.2, 0.25) is 0 Å². The summed E-state index contributed by atoms with van der Waals surface area (Å²) in [6.45, 7) is 1.77. The number of nitrogens with one attached hydrogen (secondary N) is 1. The zero-order valence-electron chi connectivity index (χ0n) is 23.3. The highest BCUT2D eigenvalue weighted by Crippen LogP contribution is 2.47.